The summed E-state index contributed by atoms with van der Waals surface area (Å²) in [7, 11) is 1.92. The second-order valence-corrected chi connectivity index (χ2v) is 8.43. The number of aryl methyl sites for hydroxylation is 1. The van der Waals surface area contributed by atoms with Gasteiger partial charge in [0.05, 0.1) is 38.9 Å². The van der Waals surface area contributed by atoms with Crippen LogP contribution >= 0.6 is 11.6 Å². The number of nitriles is 1. The highest BCUT2D eigenvalue weighted by Gasteiger charge is 2.27. The monoisotopic (exact) mass is 446 g/mol. The molecule has 0 unspecified atom stereocenters. The second kappa shape index (κ2) is 7.90. The number of hydrogen-bond donors (Lipinski definition) is 1. The summed E-state index contributed by atoms with van der Waals surface area (Å²) in [5.41, 5.74) is 11.1. The van der Waals surface area contributed by atoms with Crippen molar-refractivity contribution >= 4 is 28.3 Å². The van der Waals surface area contributed by atoms with Crippen molar-refractivity contribution < 1.29 is 4.39 Å². The lowest BCUT2D eigenvalue weighted by Crippen LogP contribution is -2.27. The Bertz CT molecular complexity index is 1390. The lowest BCUT2D eigenvalue weighted by atomic mass is 9.99. The fourth-order valence-electron chi connectivity index (χ4n) is 4.43. The molecule has 160 valence electrons. The molecule has 5 rings (SSSR count). The summed E-state index contributed by atoms with van der Waals surface area (Å²) >= 11 is 6.45. The Balaban J connectivity index is 1.79. The Kier molecular flexibility index (Phi) is 5.04. The zero-order valence-corrected chi connectivity index (χ0v) is 18.1. The van der Waals surface area contributed by atoms with Crippen LogP contribution in [0.25, 0.3) is 33.5 Å². The molecule has 2 N–H and O–H groups in total. The first kappa shape index (κ1) is 20.4. The van der Waals surface area contributed by atoms with Crippen LogP contribution < -0.4 is 10.6 Å². The molecule has 6 nitrogen and oxygen atoms in total. The molecule has 0 radical (unpaired) electrons. The normalized spacial score (nSPS) is 16.0. The van der Waals surface area contributed by atoms with Gasteiger partial charge in [-0.05, 0) is 42.3 Å². The van der Waals surface area contributed by atoms with Crippen LogP contribution in [-0.2, 0) is 7.05 Å². The van der Waals surface area contributed by atoms with Crippen molar-refractivity contribution in [1.82, 2.24) is 14.5 Å². The molecule has 0 saturated carbocycles. The van der Waals surface area contributed by atoms with Gasteiger partial charge >= 0.3 is 0 Å². The minimum Gasteiger partial charge on any atom is -0.369 e. The van der Waals surface area contributed by atoms with Gasteiger partial charge in [0.15, 0.2) is 0 Å². The first-order valence-electron chi connectivity index (χ1n) is 10.3. The van der Waals surface area contributed by atoms with E-state index in [1.54, 1.807) is 18.5 Å². The van der Waals surface area contributed by atoms with E-state index in [9.17, 15) is 9.65 Å². The highest BCUT2D eigenvalue weighted by atomic mass is 35.5. The van der Waals surface area contributed by atoms with Crippen molar-refractivity contribution in [3.05, 3.63) is 65.2 Å². The van der Waals surface area contributed by atoms with E-state index in [0.717, 1.165) is 40.8 Å². The summed E-state index contributed by atoms with van der Waals surface area (Å²) in [5, 5.41) is 9.95. The number of nitrogens with two attached hydrogens (primary N) is 1. The average Bonchev–Trinajstić information content (AvgIpc) is 3.36. The van der Waals surface area contributed by atoms with Gasteiger partial charge in [-0.1, -0.05) is 17.7 Å². The molecule has 32 heavy (non-hydrogen) atoms. The summed E-state index contributed by atoms with van der Waals surface area (Å²) in [6.07, 6.45) is 4.32. The third kappa shape index (κ3) is 3.38. The molecule has 2 aromatic heterocycles. The van der Waals surface area contributed by atoms with Crippen LogP contribution in [0.15, 0.2) is 48.8 Å². The van der Waals surface area contributed by atoms with Gasteiger partial charge in [0, 0.05) is 44.1 Å². The van der Waals surface area contributed by atoms with Gasteiger partial charge in [0.25, 0.3) is 0 Å². The number of hydrogen-bond acceptors (Lipinski definition) is 5. The quantitative estimate of drug-likeness (QED) is 0.500. The van der Waals surface area contributed by atoms with Gasteiger partial charge in [-0.15, -0.1) is 0 Å². The molecule has 8 heteroatoms. The van der Waals surface area contributed by atoms with Crippen LogP contribution in [0.1, 0.15) is 12.0 Å². The lowest BCUT2D eigenvalue weighted by Gasteiger charge is -2.25. The maximum Gasteiger partial charge on any atom is 0.144 e. The highest BCUT2D eigenvalue weighted by Crippen LogP contribution is 2.41. The zero-order chi connectivity index (χ0) is 22.4. The maximum atomic E-state index is 14.3. The van der Waals surface area contributed by atoms with Gasteiger partial charge < -0.3 is 15.2 Å². The van der Waals surface area contributed by atoms with Crippen molar-refractivity contribution in [2.24, 2.45) is 12.8 Å². The number of rotatable bonds is 3. The zero-order valence-electron chi connectivity index (χ0n) is 17.4. The van der Waals surface area contributed by atoms with Gasteiger partial charge in [-0.2, -0.15) is 5.26 Å². The summed E-state index contributed by atoms with van der Waals surface area (Å²) < 4.78 is 16.3. The van der Waals surface area contributed by atoms with E-state index in [4.69, 9.17) is 22.3 Å². The molecular formula is C24H20ClFN6. The van der Waals surface area contributed by atoms with Crippen LogP contribution in [0.2, 0.25) is 5.02 Å². The third-order valence-corrected chi connectivity index (χ3v) is 6.19. The maximum absolute atomic E-state index is 14.3. The van der Waals surface area contributed by atoms with Gasteiger partial charge in [0.2, 0.25) is 0 Å². The number of anilines is 1. The van der Waals surface area contributed by atoms with E-state index in [0.29, 0.717) is 23.0 Å². The molecule has 1 saturated heterocycles. The first-order valence-corrected chi connectivity index (χ1v) is 10.6. The topological polar surface area (TPSA) is 83.8 Å². The van der Waals surface area contributed by atoms with Crippen molar-refractivity contribution in [3.8, 4) is 28.6 Å². The second-order valence-electron chi connectivity index (χ2n) is 8.02. The molecule has 0 spiro atoms. The summed E-state index contributed by atoms with van der Waals surface area (Å²) in [6.45, 7) is 1.42. The van der Waals surface area contributed by atoms with E-state index < -0.39 is 5.82 Å². The minimum absolute atomic E-state index is 0.0425. The van der Waals surface area contributed by atoms with E-state index >= 15 is 0 Å². The van der Waals surface area contributed by atoms with Crippen molar-refractivity contribution in [2.75, 3.05) is 18.0 Å². The smallest absolute Gasteiger partial charge is 0.144 e. The molecule has 1 aliphatic heterocycles. The van der Waals surface area contributed by atoms with Gasteiger partial charge in [-0.3, -0.25) is 4.98 Å². The van der Waals surface area contributed by atoms with E-state index in [1.807, 2.05) is 35.9 Å². The van der Waals surface area contributed by atoms with E-state index in [2.05, 4.69) is 9.88 Å². The van der Waals surface area contributed by atoms with Gasteiger partial charge in [-0.25, -0.2) is 9.37 Å². The number of benzene rings is 2. The number of imidazole rings is 1. The summed E-state index contributed by atoms with van der Waals surface area (Å²) in [4.78, 5) is 11.5. The van der Waals surface area contributed by atoms with Crippen LogP contribution in [0, 0.1) is 17.1 Å². The number of para-hydroxylation sites is 1. The number of nitrogens with zero attached hydrogens (tertiary/aromatic N) is 5. The number of pyridine rings is 1. The number of fused-ring (bicyclic) bond motifs is 1. The fraction of sp³-hybridized carbons (Fsp3) is 0.208. The minimum atomic E-state index is -0.469. The first-order chi connectivity index (χ1) is 15.5. The SMILES string of the molecule is Cn1c(-c2cncc(-c3cc(F)cc(C#N)c3)c2N2CC[C@H](N)C2)nc2cccc(Cl)c21. The standard InChI is InChI=1S/C24H20ClFN6/c1-31-23-20(25)3-2-4-21(23)30-24(31)19-12-29-11-18(22(19)32-6-5-17(28)13-32)15-7-14(10-27)8-16(26)9-15/h2-4,7-9,11-12,17H,5-6,13,28H2,1H3/t17-/m0/s1. The average molecular weight is 447 g/mol. The molecule has 0 aliphatic carbocycles. The molecule has 1 aliphatic rings. The van der Waals surface area contributed by atoms with Crippen LogP contribution in [0.4, 0.5) is 10.1 Å². The molecule has 3 heterocycles. The van der Waals surface area contributed by atoms with Crippen LogP contribution in [0.3, 0.4) is 0 Å². The molecule has 4 aromatic rings. The number of halogens is 2. The molecule has 0 bridgehead atoms. The van der Waals surface area contributed by atoms with Crippen molar-refractivity contribution in [3.63, 3.8) is 0 Å². The molecule has 1 atom stereocenters. The Hall–Kier alpha value is -3.47. The Labute approximate surface area is 189 Å². The molecule has 1 fully saturated rings. The Morgan fingerprint density at radius 1 is 1.22 bits per heavy atom. The van der Waals surface area contributed by atoms with Crippen LogP contribution in [-0.4, -0.2) is 33.7 Å². The van der Waals surface area contributed by atoms with Crippen molar-refractivity contribution in [1.29, 1.82) is 5.26 Å². The largest absolute Gasteiger partial charge is 0.369 e. The summed E-state index contributed by atoms with van der Waals surface area (Å²) in [6, 6.07) is 12.0. The molecular weight excluding hydrogens is 427 g/mol. The van der Waals surface area contributed by atoms with Gasteiger partial charge in [0.1, 0.15) is 11.6 Å². The van der Waals surface area contributed by atoms with Crippen LogP contribution in [0.5, 0.6) is 0 Å². The highest BCUT2D eigenvalue weighted by molar-refractivity contribution is 6.35. The van der Waals surface area contributed by atoms with Crippen molar-refractivity contribution in [2.45, 2.75) is 12.5 Å². The predicted molar refractivity (Wildman–Crippen MR) is 124 cm³/mol. The fourth-order valence-corrected chi connectivity index (χ4v) is 4.73. The number of aromatic nitrogens is 3. The molecule has 0 amide bonds. The lowest BCUT2D eigenvalue weighted by molar-refractivity contribution is 0.628. The Morgan fingerprint density at radius 3 is 2.75 bits per heavy atom. The molecule has 2 aromatic carbocycles. The summed E-state index contributed by atoms with van der Waals surface area (Å²) in [5.74, 6) is 0.234. The Morgan fingerprint density at radius 2 is 2.03 bits per heavy atom. The van der Waals surface area contributed by atoms with E-state index in [-0.39, 0.29) is 11.6 Å². The third-order valence-electron chi connectivity index (χ3n) is 5.88. The van der Waals surface area contributed by atoms with E-state index in [1.165, 1.54) is 12.1 Å². The predicted octanol–water partition coefficient (Wildman–Crippen LogP) is 4.50.